The second-order valence-corrected chi connectivity index (χ2v) is 33.3. The number of nitrogens with zero attached hydrogens (tertiary/aromatic N) is 10. The third-order valence-corrected chi connectivity index (χ3v) is 25.8. The SMILES string of the molecule is N#Cc1ccc(-c2cc(-c3ccc(C#N)cc3)cc(-c3ccc4c5c(ccc(-c6ccc(-c7nc(-c8ccccc8)nc(-c8ccc9ccccc9c8)n7)cc6)c35)-c3ccccc3-4)c2)cc1.N#Cc1ccc(-n2c3ccccc3c3ccc(-c4ccc5c6c(ccc(-c7ccc(-c8nc(-c9ccccc9)nc(-c9ccc%10ccccc%10c9)n8)cc7)c46)-c4ccccc4-5)cc32)cc1. The molecule has 23 aromatic rings. The summed E-state index contributed by atoms with van der Waals surface area (Å²) >= 11 is 0. The highest BCUT2D eigenvalue weighted by atomic mass is 15.0. The third-order valence-electron chi connectivity index (χ3n) is 25.8. The van der Waals surface area contributed by atoms with Crippen molar-refractivity contribution in [2.24, 2.45) is 0 Å². The fraction of sp³-hybridized carbons (Fsp3) is 0. The zero-order valence-electron chi connectivity index (χ0n) is 70.4. The normalized spacial score (nSPS) is 11.5. The van der Waals surface area contributed by atoms with Gasteiger partial charge in [-0.15, -0.1) is 0 Å². The Kier molecular flexibility index (Phi) is 18.5. The summed E-state index contributed by atoms with van der Waals surface area (Å²) < 4.78 is 2.32. The van der Waals surface area contributed by atoms with Crippen LogP contribution < -0.4 is 0 Å². The average Bonchev–Trinajstić information content (AvgIpc) is 1.59. The number of aromatic nitrogens is 7. The van der Waals surface area contributed by atoms with Gasteiger partial charge < -0.3 is 4.57 Å². The molecule has 3 heterocycles. The van der Waals surface area contributed by atoms with Crippen molar-refractivity contribution in [1.82, 2.24) is 34.5 Å². The molecule has 604 valence electrons. The lowest BCUT2D eigenvalue weighted by atomic mass is 9.86. The van der Waals surface area contributed by atoms with Crippen LogP contribution in [0.2, 0.25) is 0 Å². The molecule has 20 aromatic carbocycles. The fourth-order valence-electron chi connectivity index (χ4n) is 19.4. The van der Waals surface area contributed by atoms with E-state index in [-0.39, 0.29) is 0 Å². The molecule has 25 rings (SSSR count). The van der Waals surface area contributed by atoms with Gasteiger partial charge in [0.15, 0.2) is 34.9 Å². The van der Waals surface area contributed by atoms with Crippen molar-refractivity contribution in [2.75, 3.05) is 0 Å². The van der Waals surface area contributed by atoms with Crippen molar-refractivity contribution in [3.8, 4) is 203 Å². The summed E-state index contributed by atoms with van der Waals surface area (Å²) in [5, 5.41) is 40.6. The molecule has 2 aliphatic rings. The third kappa shape index (κ3) is 13.5. The maximum atomic E-state index is 9.59. The van der Waals surface area contributed by atoms with E-state index in [1.54, 1.807) is 0 Å². The summed E-state index contributed by atoms with van der Waals surface area (Å²) in [7, 11) is 0. The molecule has 0 saturated heterocycles. The van der Waals surface area contributed by atoms with Crippen LogP contribution in [0.1, 0.15) is 16.7 Å². The molecule has 2 aliphatic carbocycles. The van der Waals surface area contributed by atoms with E-state index in [4.69, 9.17) is 29.9 Å². The molecule has 10 heteroatoms. The van der Waals surface area contributed by atoms with E-state index in [2.05, 4.69) is 314 Å². The van der Waals surface area contributed by atoms with E-state index in [1.807, 2.05) is 133 Å². The van der Waals surface area contributed by atoms with Crippen LogP contribution in [0, 0.1) is 34.0 Å². The molecule has 0 unspecified atom stereocenters. The van der Waals surface area contributed by atoms with Crippen molar-refractivity contribution >= 4 is 64.9 Å². The first kappa shape index (κ1) is 76.4. The van der Waals surface area contributed by atoms with Gasteiger partial charge in [0.05, 0.1) is 45.9 Å². The van der Waals surface area contributed by atoms with Gasteiger partial charge in [0.1, 0.15) is 0 Å². The molecule has 0 amide bonds. The molecule has 0 radical (unpaired) electrons. The fourth-order valence-corrected chi connectivity index (χ4v) is 19.4. The number of fused-ring (bicyclic) bond motifs is 11. The van der Waals surface area contributed by atoms with E-state index < -0.39 is 0 Å². The highest BCUT2D eigenvalue weighted by Gasteiger charge is 2.29. The van der Waals surface area contributed by atoms with E-state index in [9.17, 15) is 15.8 Å². The highest BCUT2D eigenvalue weighted by molar-refractivity contribution is 6.25. The first-order chi connectivity index (χ1) is 64.7. The Bertz CT molecular complexity index is 8630. The molecule has 0 saturated carbocycles. The van der Waals surface area contributed by atoms with Gasteiger partial charge in [0.2, 0.25) is 0 Å². The van der Waals surface area contributed by atoms with Gasteiger partial charge in [0.25, 0.3) is 0 Å². The van der Waals surface area contributed by atoms with E-state index in [0.29, 0.717) is 51.6 Å². The van der Waals surface area contributed by atoms with E-state index in [0.717, 1.165) is 127 Å². The molecule has 0 fully saturated rings. The number of rotatable bonds is 13. The standard InChI is InChI=1S/C61H35N5.C60H35N5/c62-36-38-14-18-41(19-15-38)48-33-49(42-20-16-39(37-63)17-21-42)35-50(34-48)52-29-31-56-54-13-7-6-12-53(54)55-30-28-51(57(52)58(55)56)43-23-25-45(26-24-43)60-64-59(44-9-2-1-3-10-44)65-61(66-60)47-27-22-40-8-4-5-11-46(40)32-47;61-36-37-18-27-45(28-19-37)65-54-17-9-8-16-50(54)51-29-26-43(35-55(51)65)47-31-33-53-49-15-7-6-14-48(49)52-32-30-46(56(47)57(52)53)39-21-23-41(24-22-39)59-62-58(40-11-2-1-3-12-40)63-60(64-59)44-25-20-38-10-4-5-13-42(38)34-44/h1-35H;1-35H. The lowest BCUT2D eigenvalue weighted by Gasteiger charge is -2.17. The van der Waals surface area contributed by atoms with Crippen molar-refractivity contribution in [2.45, 2.75) is 0 Å². The summed E-state index contributed by atoms with van der Waals surface area (Å²) in [5.41, 5.74) is 33.6. The Balaban J connectivity index is 0.000000145. The second kappa shape index (κ2) is 31.7. The summed E-state index contributed by atoms with van der Waals surface area (Å²) in [5.74, 6) is 3.73. The van der Waals surface area contributed by atoms with Gasteiger partial charge in [0, 0.05) is 49.8 Å². The average molecular weight is 1660 g/mol. The number of nitriles is 3. The summed E-state index contributed by atoms with van der Waals surface area (Å²) in [6.45, 7) is 0. The lowest BCUT2D eigenvalue weighted by Crippen LogP contribution is -2.00. The maximum absolute atomic E-state index is 9.59. The second-order valence-electron chi connectivity index (χ2n) is 33.3. The zero-order valence-corrected chi connectivity index (χ0v) is 70.4. The van der Waals surface area contributed by atoms with E-state index in [1.165, 1.54) is 87.8 Å². The number of benzene rings is 20. The predicted octanol–water partition coefficient (Wildman–Crippen LogP) is 30.4. The van der Waals surface area contributed by atoms with Crippen LogP contribution in [0.3, 0.4) is 0 Å². The van der Waals surface area contributed by atoms with Gasteiger partial charge in [-0.05, 0) is 245 Å². The molecule has 0 N–H and O–H groups in total. The van der Waals surface area contributed by atoms with Crippen LogP contribution in [0.15, 0.2) is 425 Å². The summed E-state index contributed by atoms with van der Waals surface area (Å²) in [6, 6.07) is 155. The van der Waals surface area contributed by atoms with E-state index >= 15 is 0 Å². The quantitative estimate of drug-likeness (QED) is 0.110. The van der Waals surface area contributed by atoms with Gasteiger partial charge >= 0.3 is 0 Å². The molecule has 0 atom stereocenters. The predicted molar refractivity (Wildman–Crippen MR) is 532 cm³/mol. The minimum atomic E-state index is 0.602. The summed E-state index contributed by atoms with van der Waals surface area (Å²) in [6.07, 6.45) is 0. The molecule has 0 bridgehead atoms. The monoisotopic (exact) mass is 1660 g/mol. The van der Waals surface area contributed by atoms with Crippen LogP contribution in [-0.2, 0) is 0 Å². The lowest BCUT2D eigenvalue weighted by molar-refractivity contribution is 1.07. The Labute approximate surface area is 754 Å². The molecule has 10 nitrogen and oxygen atoms in total. The van der Waals surface area contributed by atoms with Crippen molar-refractivity contribution in [1.29, 1.82) is 15.8 Å². The largest absolute Gasteiger partial charge is 0.309 e. The first-order valence-corrected chi connectivity index (χ1v) is 43.7. The first-order valence-electron chi connectivity index (χ1n) is 43.7. The molecule has 3 aromatic heterocycles. The Morgan fingerprint density at radius 3 is 0.878 bits per heavy atom. The maximum Gasteiger partial charge on any atom is 0.164 e. The molecular formula is C121H70N10. The molecule has 131 heavy (non-hydrogen) atoms. The van der Waals surface area contributed by atoms with Gasteiger partial charge in [-0.2, -0.15) is 15.8 Å². The smallest absolute Gasteiger partial charge is 0.164 e. The van der Waals surface area contributed by atoms with Gasteiger partial charge in [-0.25, -0.2) is 29.9 Å². The number of hydrogen-bond acceptors (Lipinski definition) is 9. The van der Waals surface area contributed by atoms with Crippen molar-refractivity contribution in [3.05, 3.63) is 441 Å². The molecule has 0 spiro atoms. The molecular weight excluding hydrogens is 1590 g/mol. The Hall–Kier alpha value is -18.3. The van der Waals surface area contributed by atoms with Crippen molar-refractivity contribution < 1.29 is 0 Å². The Morgan fingerprint density at radius 2 is 0.458 bits per heavy atom. The van der Waals surface area contributed by atoms with Gasteiger partial charge in [-0.3, -0.25) is 0 Å². The molecule has 0 aliphatic heterocycles. The topological polar surface area (TPSA) is 154 Å². The van der Waals surface area contributed by atoms with Crippen molar-refractivity contribution in [3.63, 3.8) is 0 Å². The highest BCUT2D eigenvalue weighted by Crippen LogP contribution is 2.55. The Morgan fingerprint density at radius 1 is 0.168 bits per heavy atom. The van der Waals surface area contributed by atoms with Crippen LogP contribution in [0.25, 0.3) is 250 Å². The summed E-state index contributed by atoms with van der Waals surface area (Å²) in [4.78, 5) is 30.3. The number of para-hydroxylation sites is 1. The van der Waals surface area contributed by atoms with Crippen LogP contribution in [0.4, 0.5) is 0 Å². The minimum Gasteiger partial charge on any atom is -0.309 e. The zero-order chi connectivity index (χ0) is 87.2. The van der Waals surface area contributed by atoms with Crippen LogP contribution in [-0.4, -0.2) is 34.5 Å². The van der Waals surface area contributed by atoms with Crippen LogP contribution in [0.5, 0.6) is 0 Å². The van der Waals surface area contributed by atoms with Gasteiger partial charge in [-0.1, -0.05) is 334 Å². The van der Waals surface area contributed by atoms with Crippen LogP contribution >= 0.6 is 0 Å². The minimum absolute atomic E-state index is 0.602. The number of hydrogen-bond donors (Lipinski definition) is 0.